The first-order chi connectivity index (χ1) is 16.7. The first-order valence-electron chi connectivity index (χ1n) is 11.4. The number of nitrogens with zero attached hydrogens (tertiary/aromatic N) is 3. The van der Waals surface area contributed by atoms with Crippen LogP contribution in [0.3, 0.4) is 0 Å². The smallest absolute Gasteiger partial charge is 0.251 e. The van der Waals surface area contributed by atoms with Gasteiger partial charge in [0.15, 0.2) is 11.5 Å². The van der Waals surface area contributed by atoms with Crippen molar-refractivity contribution < 1.29 is 19.0 Å². The van der Waals surface area contributed by atoms with E-state index in [1.165, 1.54) is 0 Å². The summed E-state index contributed by atoms with van der Waals surface area (Å²) in [4.78, 5) is 17.4. The maximum Gasteiger partial charge on any atom is 0.251 e. The van der Waals surface area contributed by atoms with Crippen LogP contribution in [0.2, 0.25) is 0 Å². The molecular weight excluding hydrogens is 432 g/mol. The van der Waals surface area contributed by atoms with Gasteiger partial charge in [-0.05, 0) is 67.3 Å². The summed E-state index contributed by atoms with van der Waals surface area (Å²) in [5.41, 5.74) is 4.62. The maximum absolute atomic E-state index is 12.9. The summed E-state index contributed by atoms with van der Waals surface area (Å²) in [6.45, 7) is 1.02. The van der Waals surface area contributed by atoms with Crippen LogP contribution in [-0.4, -0.2) is 47.0 Å². The maximum atomic E-state index is 12.9. The highest BCUT2D eigenvalue weighted by atomic mass is 16.6. The minimum Gasteiger partial charge on any atom is -0.497 e. The van der Waals surface area contributed by atoms with Gasteiger partial charge in [0.25, 0.3) is 5.91 Å². The number of nitrogens with one attached hydrogen (secondary N) is 1. The largest absolute Gasteiger partial charge is 0.497 e. The van der Waals surface area contributed by atoms with E-state index in [9.17, 15) is 4.79 Å². The molecule has 0 spiro atoms. The van der Waals surface area contributed by atoms with Gasteiger partial charge in [0, 0.05) is 29.4 Å². The molecule has 0 radical (unpaired) electrons. The van der Waals surface area contributed by atoms with Gasteiger partial charge in [-0.2, -0.15) is 5.10 Å². The first kappa shape index (κ1) is 20.5. The molecule has 4 aromatic rings. The summed E-state index contributed by atoms with van der Waals surface area (Å²) in [5, 5.41) is 9.01. The third kappa shape index (κ3) is 3.71. The SMILES string of the molecule is COc1ccc2nccc(-n3cc4c(n3)CCC(NC(=O)c3ccc5c(c3)OCCO5)C4)c2c1. The van der Waals surface area contributed by atoms with Crippen LogP contribution in [0, 0.1) is 0 Å². The molecule has 0 bridgehead atoms. The summed E-state index contributed by atoms with van der Waals surface area (Å²) in [5.74, 6) is 1.97. The number of hydrogen-bond donors (Lipinski definition) is 1. The molecule has 8 heteroatoms. The van der Waals surface area contributed by atoms with E-state index < -0.39 is 0 Å². The number of hydrogen-bond acceptors (Lipinski definition) is 6. The molecule has 0 fully saturated rings. The number of pyridine rings is 1. The van der Waals surface area contributed by atoms with E-state index in [1.807, 2.05) is 28.9 Å². The molecule has 172 valence electrons. The number of carbonyl (C=O) groups excluding carboxylic acids is 1. The van der Waals surface area contributed by atoms with E-state index >= 15 is 0 Å². The molecule has 0 saturated carbocycles. The minimum absolute atomic E-state index is 0.0418. The summed E-state index contributed by atoms with van der Waals surface area (Å²) in [6, 6.07) is 13.2. The Balaban J connectivity index is 1.22. The molecule has 8 nitrogen and oxygen atoms in total. The van der Waals surface area contributed by atoms with E-state index in [1.54, 1.807) is 31.5 Å². The Labute approximate surface area is 196 Å². The summed E-state index contributed by atoms with van der Waals surface area (Å²) < 4.78 is 18.5. The second-order valence-corrected chi connectivity index (χ2v) is 8.53. The lowest BCUT2D eigenvalue weighted by atomic mass is 9.93. The standard InChI is InChI=1S/C26H24N4O4/c1-32-19-4-6-22-20(14-19)23(8-9-27-22)30-15-17-12-18(3-5-21(17)29-30)28-26(31)16-2-7-24-25(13-16)34-11-10-33-24/h2,4,6-9,13-15,18H,3,5,10-12H2,1H3,(H,28,31). The molecule has 1 aliphatic heterocycles. The number of methoxy groups -OCH3 is 1. The number of benzene rings is 2. The molecule has 34 heavy (non-hydrogen) atoms. The van der Waals surface area contributed by atoms with Gasteiger partial charge in [-0.3, -0.25) is 9.78 Å². The zero-order valence-corrected chi connectivity index (χ0v) is 18.8. The average molecular weight is 457 g/mol. The second kappa shape index (κ2) is 8.37. The van der Waals surface area contributed by atoms with Crippen LogP contribution < -0.4 is 19.5 Å². The van der Waals surface area contributed by atoms with Crippen LogP contribution in [0.15, 0.2) is 54.9 Å². The van der Waals surface area contributed by atoms with Crippen LogP contribution in [0.25, 0.3) is 16.6 Å². The van der Waals surface area contributed by atoms with Crippen molar-refractivity contribution in [2.24, 2.45) is 0 Å². The molecule has 2 aliphatic rings. The van der Waals surface area contributed by atoms with Crippen LogP contribution in [0.5, 0.6) is 17.2 Å². The van der Waals surface area contributed by atoms with Crippen molar-refractivity contribution in [3.63, 3.8) is 0 Å². The molecule has 1 N–H and O–H groups in total. The molecule has 0 saturated heterocycles. The zero-order chi connectivity index (χ0) is 23.1. The number of carbonyl (C=O) groups is 1. The van der Waals surface area contributed by atoms with Crippen LogP contribution in [0.1, 0.15) is 28.0 Å². The molecule has 6 rings (SSSR count). The summed E-state index contributed by atoms with van der Waals surface area (Å²) >= 11 is 0. The lowest BCUT2D eigenvalue weighted by molar-refractivity contribution is 0.0932. The Morgan fingerprint density at radius 1 is 1.12 bits per heavy atom. The first-order valence-corrected chi connectivity index (χ1v) is 11.4. The van der Waals surface area contributed by atoms with Crippen molar-refractivity contribution in [3.8, 4) is 22.9 Å². The Hall–Kier alpha value is -4.07. The second-order valence-electron chi connectivity index (χ2n) is 8.53. The highest BCUT2D eigenvalue weighted by Gasteiger charge is 2.25. The average Bonchev–Trinajstić information content (AvgIpc) is 3.31. The number of amides is 1. The van der Waals surface area contributed by atoms with Crippen LogP contribution in [-0.2, 0) is 12.8 Å². The van der Waals surface area contributed by atoms with E-state index in [-0.39, 0.29) is 11.9 Å². The number of rotatable bonds is 4. The molecule has 2 aromatic carbocycles. The van der Waals surface area contributed by atoms with Gasteiger partial charge in [0.1, 0.15) is 19.0 Å². The van der Waals surface area contributed by atoms with Crippen molar-refractivity contribution in [2.45, 2.75) is 25.3 Å². The Morgan fingerprint density at radius 2 is 2.00 bits per heavy atom. The molecule has 1 aliphatic carbocycles. The molecule has 1 atom stereocenters. The monoisotopic (exact) mass is 456 g/mol. The Kier molecular flexibility index (Phi) is 5.05. The molecule has 1 unspecified atom stereocenters. The van der Waals surface area contributed by atoms with E-state index in [2.05, 4.69) is 16.5 Å². The van der Waals surface area contributed by atoms with Crippen molar-refractivity contribution in [1.29, 1.82) is 0 Å². The lowest BCUT2D eigenvalue weighted by Gasteiger charge is -2.23. The fourth-order valence-corrected chi connectivity index (χ4v) is 4.64. The fourth-order valence-electron chi connectivity index (χ4n) is 4.64. The molecule has 1 amide bonds. The molecule has 3 heterocycles. The molecular formula is C26H24N4O4. The minimum atomic E-state index is -0.106. The Bertz CT molecular complexity index is 1400. The van der Waals surface area contributed by atoms with Gasteiger partial charge < -0.3 is 19.5 Å². The van der Waals surface area contributed by atoms with E-state index in [0.717, 1.165) is 52.9 Å². The Morgan fingerprint density at radius 3 is 2.88 bits per heavy atom. The van der Waals surface area contributed by atoms with Gasteiger partial charge in [0.05, 0.1) is 24.0 Å². The van der Waals surface area contributed by atoms with Crippen molar-refractivity contribution in [1.82, 2.24) is 20.1 Å². The van der Waals surface area contributed by atoms with E-state index in [0.29, 0.717) is 30.3 Å². The van der Waals surface area contributed by atoms with Crippen LogP contribution >= 0.6 is 0 Å². The topological polar surface area (TPSA) is 87.5 Å². The third-order valence-corrected chi connectivity index (χ3v) is 6.39. The van der Waals surface area contributed by atoms with Crippen molar-refractivity contribution in [2.75, 3.05) is 20.3 Å². The summed E-state index contributed by atoms with van der Waals surface area (Å²) in [7, 11) is 1.66. The van der Waals surface area contributed by atoms with Crippen molar-refractivity contribution in [3.05, 3.63) is 71.7 Å². The number of aryl methyl sites for hydroxylation is 1. The van der Waals surface area contributed by atoms with Gasteiger partial charge in [-0.25, -0.2) is 4.68 Å². The predicted molar refractivity (Wildman–Crippen MR) is 126 cm³/mol. The number of aromatic nitrogens is 3. The van der Waals surface area contributed by atoms with E-state index in [4.69, 9.17) is 19.3 Å². The quantitative estimate of drug-likeness (QED) is 0.506. The predicted octanol–water partition coefficient (Wildman–Crippen LogP) is 3.49. The van der Waals surface area contributed by atoms with Crippen LogP contribution in [0.4, 0.5) is 0 Å². The third-order valence-electron chi connectivity index (χ3n) is 6.39. The summed E-state index contributed by atoms with van der Waals surface area (Å²) in [6.07, 6.45) is 6.23. The van der Waals surface area contributed by atoms with Gasteiger partial charge in [0.2, 0.25) is 0 Å². The fraction of sp³-hybridized carbons (Fsp3) is 0.269. The number of ether oxygens (including phenoxy) is 3. The highest BCUT2D eigenvalue weighted by Crippen LogP contribution is 2.31. The van der Waals surface area contributed by atoms with Gasteiger partial charge in [-0.1, -0.05) is 0 Å². The lowest BCUT2D eigenvalue weighted by Crippen LogP contribution is -2.38. The van der Waals surface area contributed by atoms with Crippen molar-refractivity contribution >= 4 is 16.8 Å². The zero-order valence-electron chi connectivity index (χ0n) is 18.8. The van der Waals surface area contributed by atoms with Gasteiger partial charge >= 0.3 is 0 Å². The van der Waals surface area contributed by atoms with Gasteiger partial charge in [-0.15, -0.1) is 0 Å². The molecule has 2 aromatic heterocycles. The highest BCUT2D eigenvalue weighted by molar-refractivity contribution is 5.95. The normalized spacial score (nSPS) is 16.7. The number of fused-ring (bicyclic) bond motifs is 3.